The van der Waals surface area contributed by atoms with Gasteiger partial charge in [-0.15, -0.1) is 0 Å². The van der Waals surface area contributed by atoms with Gasteiger partial charge in [0.25, 0.3) is 0 Å². The zero-order chi connectivity index (χ0) is 26.9. The van der Waals surface area contributed by atoms with Crippen LogP contribution in [0.3, 0.4) is 0 Å². The van der Waals surface area contributed by atoms with E-state index in [9.17, 15) is 35.7 Å². The molecule has 7 N–H and O–H groups in total. The molecule has 14 atom stereocenters. The highest BCUT2D eigenvalue weighted by Crippen LogP contribution is 2.46. The quantitative estimate of drug-likeness (QED) is 0.213. The zero-order valence-corrected chi connectivity index (χ0v) is 21.9. The molecule has 11 heteroatoms. The highest BCUT2D eigenvalue weighted by atomic mass is 16.7. The van der Waals surface area contributed by atoms with E-state index in [2.05, 4.69) is 20.8 Å². The lowest BCUT2D eigenvalue weighted by Gasteiger charge is -2.46. The van der Waals surface area contributed by atoms with Crippen molar-refractivity contribution in [2.24, 2.45) is 17.3 Å². The number of hydrogen-bond donors (Lipinski definition) is 7. The van der Waals surface area contributed by atoms with Gasteiger partial charge in [-0.2, -0.15) is 0 Å². The highest BCUT2D eigenvalue weighted by Gasteiger charge is 2.47. The second-order valence-corrected chi connectivity index (χ2v) is 11.7. The molecule has 2 aliphatic heterocycles. The molecule has 0 amide bonds. The fraction of sp³-hybridized carbons (Fsp3) is 1.00. The average Bonchev–Trinajstić information content (AvgIpc) is 2.78. The molecule has 0 radical (unpaired) electrons. The first-order valence-electron chi connectivity index (χ1n) is 13.1. The van der Waals surface area contributed by atoms with Gasteiger partial charge in [-0.1, -0.05) is 20.8 Å². The second-order valence-electron chi connectivity index (χ2n) is 11.7. The molecule has 11 nitrogen and oxygen atoms in total. The summed E-state index contributed by atoms with van der Waals surface area (Å²) in [5, 5.41) is 71.3. The summed E-state index contributed by atoms with van der Waals surface area (Å²) in [7, 11) is 0. The predicted molar refractivity (Wildman–Crippen MR) is 126 cm³/mol. The SMILES string of the molecule is C[C@H](CC[C@H]1[C@H](C)C[C@H](O)CC1(C)C)O[C@@H]1O[C@H](CO[C@@H]2O[C@@H](C)[C@H](O)[C@@H](O)[C@H]2O)[C@@H](O)[C@H](O)[C@H]1O. The van der Waals surface area contributed by atoms with Crippen LogP contribution in [-0.2, 0) is 18.9 Å². The Morgan fingerprint density at radius 3 is 2.08 bits per heavy atom. The molecule has 3 rings (SSSR count). The molecule has 0 aromatic rings. The molecule has 2 heterocycles. The molecule has 0 unspecified atom stereocenters. The number of aliphatic hydroxyl groups excluding tert-OH is 7. The summed E-state index contributed by atoms with van der Waals surface area (Å²) in [6, 6.07) is 0. The lowest BCUT2D eigenvalue weighted by molar-refractivity contribution is -0.332. The van der Waals surface area contributed by atoms with Crippen molar-refractivity contribution < 1.29 is 54.7 Å². The van der Waals surface area contributed by atoms with Crippen molar-refractivity contribution in [2.45, 2.75) is 134 Å². The zero-order valence-electron chi connectivity index (χ0n) is 21.9. The molecule has 0 spiro atoms. The lowest BCUT2D eigenvalue weighted by atomic mass is 9.61. The third-order valence-corrected chi connectivity index (χ3v) is 8.25. The molecule has 2 saturated heterocycles. The molecule has 212 valence electrons. The van der Waals surface area contributed by atoms with Crippen LogP contribution in [0.2, 0.25) is 0 Å². The van der Waals surface area contributed by atoms with Crippen LogP contribution in [0, 0.1) is 17.3 Å². The standard InChI is InChI=1S/C25H46O11/c1-11-8-14(26)9-25(4,5)15(11)7-6-12(2)34-24-22(32)20(30)18(28)16(36-24)10-33-23-21(31)19(29)17(27)13(3)35-23/h11-24,26-32H,6-10H2,1-5H3/t11-,12-,13+,14+,15+,16-,17+,18-,19-,20+,21-,22-,23-,24-/m1/s1. The Balaban J connectivity index is 1.54. The van der Waals surface area contributed by atoms with Gasteiger partial charge in [0.05, 0.1) is 24.9 Å². The minimum atomic E-state index is -1.55. The normalized spacial score (nSPS) is 48.5. The van der Waals surface area contributed by atoms with Gasteiger partial charge >= 0.3 is 0 Å². The average molecular weight is 523 g/mol. The maximum Gasteiger partial charge on any atom is 0.186 e. The number of ether oxygens (including phenoxy) is 4. The van der Waals surface area contributed by atoms with E-state index >= 15 is 0 Å². The molecule has 0 aromatic carbocycles. The maximum atomic E-state index is 10.4. The van der Waals surface area contributed by atoms with Crippen LogP contribution in [-0.4, -0.2) is 116 Å². The second kappa shape index (κ2) is 12.2. The Hall–Kier alpha value is -0.440. The molecular weight excluding hydrogens is 476 g/mol. The van der Waals surface area contributed by atoms with Gasteiger partial charge in [0, 0.05) is 0 Å². The summed E-state index contributed by atoms with van der Waals surface area (Å²) < 4.78 is 22.6. The fourth-order valence-corrected chi connectivity index (χ4v) is 6.10. The fourth-order valence-electron chi connectivity index (χ4n) is 6.10. The van der Waals surface area contributed by atoms with Gasteiger partial charge in [-0.3, -0.25) is 0 Å². The molecular formula is C25H46O11. The Kier molecular flexibility index (Phi) is 10.2. The van der Waals surface area contributed by atoms with Gasteiger partial charge in [-0.25, -0.2) is 0 Å². The van der Waals surface area contributed by atoms with E-state index in [0.717, 1.165) is 19.3 Å². The van der Waals surface area contributed by atoms with Crippen LogP contribution in [0.1, 0.15) is 60.3 Å². The van der Waals surface area contributed by atoms with Gasteiger partial charge in [0.1, 0.15) is 42.7 Å². The smallest absolute Gasteiger partial charge is 0.186 e. The monoisotopic (exact) mass is 522 g/mol. The van der Waals surface area contributed by atoms with Gasteiger partial charge in [-0.05, 0) is 56.8 Å². The van der Waals surface area contributed by atoms with Gasteiger partial charge < -0.3 is 54.7 Å². The van der Waals surface area contributed by atoms with Crippen molar-refractivity contribution in [3.8, 4) is 0 Å². The Labute approximate surface area is 212 Å². The topological polar surface area (TPSA) is 179 Å². The van der Waals surface area contributed by atoms with E-state index in [0.29, 0.717) is 18.3 Å². The molecule has 1 aliphatic carbocycles. The molecule has 3 aliphatic rings. The van der Waals surface area contributed by atoms with Crippen LogP contribution in [0.25, 0.3) is 0 Å². The van der Waals surface area contributed by atoms with Crippen molar-refractivity contribution in [2.75, 3.05) is 6.61 Å². The number of rotatable bonds is 8. The molecule has 0 aromatic heterocycles. The highest BCUT2D eigenvalue weighted by molar-refractivity contribution is 4.92. The summed E-state index contributed by atoms with van der Waals surface area (Å²) in [5.41, 5.74) is -0.00668. The van der Waals surface area contributed by atoms with E-state index < -0.39 is 61.4 Å². The summed E-state index contributed by atoms with van der Waals surface area (Å²) in [5.74, 6) is 0.765. The van der Waals surface area contributed by atoms with Gasteiger partial charge in [0.15, 0.2) is 12.6 Å². The van der Waals surface area contributed by atoms with Crippen LogP contribution in [0.5, 0.6) is 0 Å². The van der Waals surface area contributed by atoms with Crippen molar-refractivity contribution >= 4 is 0 Å². The minimum Gasteiger partial charge on any atom is -0.393 e. The summed E-state index contributed by atoms with van der Waals surface area (Å²) in [4.78, 5) is 0. The molecule has 1 saturated carbocycles. The van der Waals surface area contributed by atoms with E-state index in [4.69, 9.17) is 18.9 Å². The first-order chi connectivity index (χ1) is 16.7. The first-order valence-corrected chi connectivity index (χ1v) is 13.1. The lowest BCUT2D eigenvalue weighted by Crippen LogP contribution is -2.61. The van der Waals surface area contributed by atoms with E-state index in [1.54, 1.807) is 0 Å². The summed E-state index contributed by atoms with van der Waals surface area (Å²) in [6.07, 6.45) is -10.7. The minimum absolute atomic E-state index is 0.00668. The molecule has 3 fully saturated rings. The Morgan fingerprint density at radius 2 is 1.44 bits per heavy atom. The van der Waals surface area contributed by atoms with E-state index in [1.807, 2.05) is 6.92 Å². The van der Waals surface area contributed by atoms with Crippen molar-refractivity contribution in [1.29, 1.82) is 0 Å². The van der Waals surface area contributed by atoms with Crippen LogP contribution >= 0.6 is 0 Å². The van der Waals surface area contributed by atoms with E-state index in [1.165, 1.54) is 6.92 Å². The van der Waals surface area contributed by atoms with Crippen molar-refractivity contribution in [3.05, 3.63) is 0 Å². The Morgan fingerprint density at radius 1 is 0.833 bits per heavy atom. The molecule has 0 bridgehead atoms. The largest absolute Gasteiger partial charge is 0.393 e. The van der Waals surface area contributed by atoms with Crippen LogP contribution in [0.15, 0.2) is 0 Å². The number of aliphatic hydroxyl groups is 7. The Bertz CT molecular complexity index is 693. The molecule has 36 heavy (non-hydrogen) atoms. The van der Waals surface area contributed by atoms with Crippen LogP contribution in [0.4, 0.5) is 0 Å². The third kappa shape index (κ3) is 6.76. The van der Waals surface area contributed by atoms with Crippen LogP contribution < -0.4 is 0 Å². The summed E-state index contributed by atoms with van der Waals surface area (Å²) in [6.45, 7) is 9.55. The maximum absolute atomic E-state index is 10.4. The van der Waals surface area contributed by atoms with Gasteiger partial charge in [0.2, 0.25) is 0 Å². The third-order valence-electron chi connectivity index (χ3n) is 8.25. The first kappa shape index (κ1) is 30.1. The van der Waals surface area contributed by atoms with Crippen molar-refractivity contribution in [3.63, 3.8) is 0 Å². The predicted octanol–water partition coefficient (Wildman–Crippen LogP) is -0.743. The van der Waals surface area contributed by atoms with E-state index in [-0.39, 0.29) is 24.2 Å². The van der Waals surface area contributed by atoms with Crippen molar-refractivity contribution in [1.82, 2.24) is 0 Å². The summed E-state index contributed by atoms with van der Waals surface area (Å²) >= 11 is 0. The number of hydrogen-bond acceptors (Lipinski definition) is 11.